The molecule has 0 saturated heterocycles. The van der Waals surface area contributed by atoms with E-state index in [1.165, 1.54) is 0 Å². The quantitative estimate of drug-likeness (QED) is 0.685. The molecule has 2 rings (SSSR count). The average molecular weight is 312 g/mol. The van der Waals surface area contributed by atoms with Crippen LogP contribution in [0.3, 0.4) is 0 Å². The van der Waals surface area contributed by atoms with Crippen molar-refractivity contribution in [3.63, 3.8) is 0 Å². The molecule has 5 nitrogen and oxygen atoms in total. The molecule has 0 bridgehead atoms. The second kappa shape index (κ2) is 6.66. The van der Waals surface area contributed by atoms with E-state index in [9.17, 15) is 8.42 Å². The Kier molecular flexibility index (Phi) is 5.11. The first-order chi connectivity index (χ1) is 9.95. The van der Waals surface area contributed by atoms with Crippen LogP contribution in [0.2, 0.25) is 0 Å². The van der Waals surface area contributed by atoms with Gasteiger partial charge in [0.15, 0.2) is 0 Å². The lowest BCUT2D eigenvalue weighted by molar-refractivity contribution is 0.340. The van der Waals surface area contributed by atoms with Gasteiger partial charge in [0.25, 0.3) is 0 Å². The number of ether oxygens (including phenoxy) is 1. The van der Waals surface area contributed by atoms with E-state index in [4.69, 9.17) is 10.5 Å². The molecule has 1 aliphatic rings. The minimum Gasteiger partial charge on any atom is -0.492 e. The smallest absolute Gasteiger partial charge is 0.214 e. The van der Waals surface area contributed by atoms with E-state index in [0.29, 0.717) is 18.0 Å². The Hall–Kier alpha value is -1.27. The summed E-state index contributed by atoms with van der Waals surface area (Å²) in [6, 6.07) is 6.92. The largest absolute Gasteiger partial charge is 0.492 e. The van der Waals surface area contributed by atoms with Crippen molar-refractivity contribution in [2.75, 3.05) is 24.6 Å². The van der Waals surface area contributed by atoms with Crippen LogP contribution >= 0.6 is 0 Å². The lowest BCUT2D eigenvalue weighted by atomic mass is 10.0. The van der Waals surface area contributed by atoms with Gasteiger partial charge in [-0.15, -0.1) is 0 Å². The van der Waals surface area contributed by atoms with Gasteiger partial charge < -0.3 is 10.5 Å². The molecule has 0 spiro atoms. The van der Waals surface area contributed by atoms with Crippen molar-refractivity contribution in [2.24, 2.45) is 5.41 Å². The first-order valence-corrected chi connectivity index (χ1v) is 9.06. The van der Waals surface area contributed by atoms with Gasteiger partial charge in [-0.05, 0) is 48.9 Å². The zero-order valence-corrected chi connectivity index (χ0v) is 13.3. The summed E-state index contributed by atoms with van der Waals surface area (Å²) < 4.78 is 32.0. The van der Waals surface area contributed by atoms with Crippen molar-refractivity contribution >= 4 is 15.7 Å². The minimum atomic E-state index is -3.27. The summed E-state index contributed by atoms with van der Waals surface area (Å²) in [7, 11) is -3.27. The van der Waals surface area contributed by atoms with E-state index < -0.39 is 10.0 Å². The van der Waals surface area contributed by atoms with E-state index in [-0.39, 0.29) is 17.8 Å². The van der Waals surface area contributed by atoms with Crippen LogP contribution < -0.4 is 15.2 Å². The molecule has 0 unspecified atom stereocenters. The third-order valence-corrected chi connectivity index (χ3v) is 5.19. The molecular weight excluding hydrogens is 288 g/mol. The maximum absolute atomic E-state index is 11.9. The van der Waals surface area contributed by atoms with E-state index in [1.54, 1.807) is 24.3 Å². The van der Waals surface area contributed by atoms with E-state index in [0.717, 1.165) is 25.7 Å². The first kappa shape index (κ1) is 16.1. The zero-order chi connectivity index (χ0) is 15.3. The molecule has 1 aromatic carbocycles. The fraction of sp³-hybridized carbons (Fsp3) is 0.600. The van der Waals surface area contributed by atoms with Crippen molar-refractivity contribution < 1.29 is 13.2 Å². The van der Waals surface area contributed by atoms with Crippen LogP contribution in [0.1, 0.15) is 32.6 Å². The van der Waals surface area contributed by atoms with Gasteiger partial charge in [-0.3, -0.25) is 0 Å². The van der Waals surface area contributed by atoms with Gasteiger partial charge in [-0.1, -0.05) is 13.3 Å². The average Bonchev–Trinajstić information content (AvgIpc) is 3.20. The summed E-state index contributed by atoms with van der Waals surface area (Å²) in [6.07, 6.45) is 4.45. The standard InChI is InChI=1S/C15H24N2O3S/c1-2-7-15(8-9-15)12-17-21(18,19)11-10-20-14-5-3-13(16)4-6-14/h3-6,17H,2,7-12,16H2,1H3. The number of nitrogens with two attached hydrogens (primary N) is 1. The molecule has 118 valence electrons. The topological polar surface area (TPSA) is 81.4 Å². The predicted molar refractivity (Wildman–Crippen MR) is 84.7 cm³/mol. The summed E-state index contributed by atoms with van der Waals surface area (Å²) >= 11 is 0. The van der Waals surface area contributed by atoms with Gasteiger partial charge in [0, 0.05) is 12.2 Å². The predicted octanol–water partition coefficient (Wildman–Crippen LogP) is 2.15. The Labute approximate surface area is 126 Å². The number of benzene rings is 1. The monoisotopic (exact) mass is 312 g/mol. The zero-order valence-electron chi connectivity index (χ0n) is 12.5. The number of hydrogen-bond acceptors (Lipinski definition) is 4. The first-order valence-electron chi connectivity index (χ1n) is 7.40. The molecule has 0 aromatic heterocycles. The van der Waals surface area contributed by atoms with Gasteiger partial charge in [-0.2, -0.15) is 0 Å². The van der Waals surface area contributed by atoms with Gasteiger partial charge >= 0.3 is 0 Å². The van der Waals surface area contributed by atoms with Crippen LogP contribution in [-0.2, 0) is 10.0 Å². The Morgan fingerprint density at radius 1 is 1.29 bits per heavy atom. The number of hydrogen-bond donors (Lipinski definition) is 2. The number of nitrogens with one attached hydrogen (secondary N) is 1. The minimum absolute atomic E-state index is 0.0282. The van der Waals surface area contributed by atoms with Crippen LogP contribution in [0.4, 0.5) is 5.69 Å². The number of sulfonamides is 1. The molecule has 1 fully saturated rings. The highest BCUT2D eigenvalue weighted by Gasteiger charge is 2.41. The second-order valence-corrected chi connectivity index (χ2v) is 7.73. The molecule has 21 heavy (non-hydrogen) atoms. The summed E-state index contributed by atoms with van der Waals surface area (Å²) in [5.74, 6) is 0.601. The van der Waals surface area contributed by atoms with E-state index in [1.807, 2.05) is 0 Å². The highest BCUT2D eigenvalue weighted by Crippen LogP contribution is 2.49. The van der Waals surface area contributed by atoms with Crippen molar-refractivity contribution in [1.82, 2.24) is 4.72 Å². The Morgan fingerprint density at radius 3 is 2.52 bits per heavy atom. The highest BCUT2D eigenvalue weighted by atomic mass is 32.2. The third kappa shape index (κ3) is 5.21. The molecule has 1 saturated carbocycles. The number of nitrogen functional groups attached to an aromatic ring is 1. The fourth-order valence-corrected chi connectivity index (χ4v) is 3.36. The van der Waals surface area contributed by atoms with Crippen LogP contribution in [-0.4, -0.2) is 27.3 Å². The van der Waals surface area contributed by atoms with Gasteiger partial charge in [0.05, 0.1) is 5.75 Å². The van der Waals surface area contributed by atoms with Crippen molar-refractivity contribution in [3.8, 4) is 5.75 Å². The number of rotatable bonds is 9. The Balaban J connectivity index is 1.72. The van der Waals surface area contributed by atoms with Crippen molar-refractivity contribution in [1.29, 1.82) is 0 Å². The normalized spacial score (nSPS) is 16.6. The van der Waals surface area contributed by atoms with Crippen LogP contribution in [0.25, 0.3) is 0 Å². The van der Waals surface area contributed by atoms with Crippen LogP contribution in [0.15, 0.2) is 24.3 Å². The van der Waals surface area contributed by atoms with E-state index in [2.05, 4.69) is 11.6 Å². The molecule has 0 radical (unpaired) electrons. The fourth-order valence-electron chi connectivity index (χ4n) is 2.39. The molecule has 0 atom stereocenters. The molecule has 3 N–H and O–H groups in total. The van der Waals surface area contributed by atoms with Crippen LogP contribution in [0, 0.1) is 5.41 Å². The Morgan fingerprint density at radius 2 is 1.95 bits per heavy atom. The summed E-state index contributed by atoms with van der Waals surface area (Å²) in [5, 5.41) is 0. The summed E-state index contributed by atoms with van der Waals surface area (Å²) in [5.41, 5.74) is 6.45. The highest BCUT2D eigenvalue weighted by molar-refractivity contribution is 7.89. The Bertz CT molecular complexity index is 551. The van der Waals surface area contributed by atoms with Gasteiger partial charge in [-0.25, -0.2) is 13.1 Å². The third-order valence-electron chi connectivity index (χ3n) is 3.91. The second-order valence-electron chi connectivity index (χ2n) is 5.81. The molecule has 0 heterocycles. The molecule has 1 aliphatic carbocycles. The molecular formula is C15H24N2O3S. The van der Waals surface area contributed by atoms with E-state index >= 15 is 0 Å². The SMILES string of the molecule is CCCC1(CNS(=O)(=O)CCOc2ccc(N)cc2)CC1. The summed E-state index contributed by atoms with van der Waals surface area (Å²) in [4.78, 5) is 0. The summed E-state index contributed by atoms with van der Waals surface area (Å²) in [6.45, 7) is 2.83. The maximum Gasteiger partial charge on any atom is 0.214 e. The lowest BCUT2D eigenvalue weighted by Crippen LogP contribution is -2.33. The molecule has 0 amide bonds. The lowest BCUT2D eigenvalue weighted by Gasteiger charge is -2.15. The molecule has 6 heteroatoms. The van der Waals surface area contributed by atoms with Gasteiger partial charge in [0.2, 0.25) is 10.0 Å². The van der Waals surface area contributed by atoms with Crippen LogP contribution in [0.5, 0.6) is 5.75 Å². The number of anilines is 1. The molecule has 1 aromatic rings. The maximum atomic E-state index is 11.9. The van der Waals surface area contributed by atoms with Crippen molar-refractivity contribution in [2.45, 2.75) is 32.6 Å². The van der Waals surface area contributed by atoms with Crippen molar-refractivity contribution in [3.05, 3.63) is 24.3 Å². The van der Waals surface area contributed by atoms with Gasteiger partial charge in [0.1, 0.15) is 12.4 Å². The molecule has 0 aliphatic heterocycles.